The van der Waals surface area contributed by atoms with Crippen molar-refractivity contribution >= 4 is 28.6 Å². The second-order valence-electron chi connectivity index (χ2n) is 8.96. The Morgan fingerprint density at radius 1 is 0.833 bits per heavy atom. The molecule has 0 saturated carbocycles. The number of nitrogens with zero attached hydrogens (tertiary/aromatic N) is 1. The number of rotatable bonds is 8. The van der Waals surface area contributed by atoms with Gasteiger partial charge in [0, 0.05) is 30.4 Å². The second-order valence-corrected chi connectivity index (χ2v) is 8.96. The smallest absolute Gasteiger partial charge is 0.258 e. The second kappa shape index (κ2) is 10.5. The standard InChI is InChI=1S/C31H29N3O2/c1-34(20-22-9-5-3-6-10-22)21-23-13-15-25(16-14-23)32-30(24-11-7-4-8-12-24)29-27-18-17-26(36-2)19-28(27)33-31(29)35/h3-19,32H,20-21H2,1-2H3,(H,33,35)/b30-29-. The number of hydrogen-bond acceptors (Lipinski definition) is 4. The number of anilines is 2. The fourth-order valence-corrected chi connectivity index (χ4v) is 4.51. The largest absolute Gasteiger partial charge is 0.497 e. The summed E-state index contributed by atoms with van der Waals surface area (Å²) in [5.41, 5.74) is 7.38. The lowest BCUT2D eigenvalue weighted by Crippen LogP contribution is -2.17. The first kappa shape index (κ1) is 23.4. The van der Waals surface area contributed by atoms with E-state index in [0.29, 0.717) is 11.3 Å². The van der Waals surface area contributed by atoms with Gasteiger partial charge in [0.15, 0.2) is 0 Å². The van der Waals surface area contributed by atoms with E-state index >= 15 is 0 Å². The number of amides is 1. The molecule has 0 spiro atoms. The molecule has 0 saturated heterocycles. The Hall–Kier alpha value is -4.35. The number of carbonyl (C=O) groups excluding carboxylic acids is 1. The third-order valence-corrected chi connectivity index (χ3v) is 6.25. The van der Waals surface area contributed by atoms with E-state index in [2.05, 4.69) is 71.1 Å². The maximum atomic E-state index is 13.1. The third-order valence-electron chi connectivity index (χ3n) is 6.25. The normalized spacial score (nSPS) is 13.8. The molecule has 1 aliphatic heterocycles. The number of hydrogen-bond donors (Lipinski definition) is 2. The van der Waals surface area contributed by atoms with Crippen LogP contribution in [0, 0.1) is 0 Å². The van der Waals surface area contributed by atoms with E-state index in [1.165, 1.54) is 11.1 Å². The summed E-state index contributed by atoms with van der Waals surface area (Å²) in [6.07, 6.45) is 0. The summed E-state index contributed by atoms with van der Waals surface area (Å²) in [6.45, 7) is 1.74. The predicted octanol–water partition coefficient (Wildman–Crippen LogP) is 6.26. The SMILES string of the molecule is COc1ccc2c(c1)NC(=O)/C2=C(\Nc1ccc(CN(C)Cc2ccccc2)cc1)c1ccccc1. The number of carbonyl (C=O) groups is 1. The minimum atomic E-state index is -0.135. The summed E-state index contributed by atoms with van der Waals surface area (Å²) in [4.78, 5) is 15.4. The van der Waals surface area contributed by atoms with Gasteiger partial charge in [0.2, 0.25) is 0 Å². The Labute approximate surface area is 212 Å². The van der Waals surface area contributed by atoms with Crippen LogP contribution in [0.25, 0.3) is 11.3 Å². The predicted molar refractivity (Wildman–Crippen MR) is 147 cm³/mol. The van der Waals surface area contributed by atoms with Gasteiger partial charge in [0.05, 0.1) is 24.1 Å². The zero-order chi connectivity index (χ0) is 24.9. The van der Waals surface area contributed by atoms with Crippen LogP contribution in [0.15, 0.2) is 103 Å². The molecular weight excluding hydrogens is 446 g/mol. The molecule has 1 heterocycles. The molecule has 1 aliphatic rings. The van der Waals surface area contributed by atoms with Gasteiger partial charge in [-0.3, -0.25) is 9.69 Å². The van der Waals surface area contributed by atoms with Crippen molar-refractivity contribution in [1.29, 1.82) is 0 Å². The van der Waals surface area contributed by atoms with Crippen LogP contribution in [-0.2, 0) is 17.9 Å². The van der Waals surface area contributed by atoms with Crippen molar-refractivity contribution in [2.75, 3.05) is 24.8 Å². The molecule has 180 valence electrons. The van der Waals surface area contributed by atoms with Gasteiger partial charge in [0.25, 0.3) is 5.91 Å². The summed E-state index contributed by atoms with van der Waals surface area (Å²) in [6, 6.07) is 34.5. The Balaban J connectivity index is 1.41. The van der Waals surface area contributed by atoms with E-state index in [0.717, 1.165) is 41.3 Å². The minimum absolute atomic E-state index is 0.135. The van der Waals surface area contributed by atoms with Crippen molar-refractivity contribution in [3.63, 3.8) is 0 Å². The lowest BCUT2D eigenvalue weighted by molar-refractivity contribution is -0.110. The summed E-state index contributed by atoms with van der Waals surface area (Å²) in [5, 5.41) is 6.52. The zero-order valence-corrected chi connectivity index (χ0v) is 20.5. The van der Waals surface area contributed by atoms with Gasteiger partial charge in [0.1, 0.15) is 5.75 Å². The van der Waals surface area contributed by atoms with Crippen LogP contribution in [-0.4, -0.2) is 25.0 Å². The van der Waals surface area contributed by atoms with Crippen LogP contribution in [0.5, 0.6) is 5.75 Å². The molecule has 5 nitrogen and oxygen atoms in total. The third kappa shape index (κ3) is 5.16. The monoisotopic (exact) mass is 475 g/mol. The number of benzene rings is 4. The molecule has 0 aliphatic carbocycles. The van der Waals surface area contributed by atoms with Gasteiger partial charge in [-0.1, -0.05) is 72.8 Å². The highest BCUT2D eigenvalue weighted by Gasteiger charge is 2.28. The van der Waals surface area contributed by atoms with E-state index < -0.39 is 0 Å². The highest BCUT2D eigenvalue weighted by molar-refractivity contribution is 6.37. The first-order chi connectivity index (χ1) is 17.6. The maximum Gasteiger partial charge on any atom is 0.258 e. The van der Waals surface area contributed by atoms with E-state index in [-0.39, 0.29) is 5.91 Å². The number of ether oxygens (including phenoxy) is 1. The number of nitrogens with one attached hydrogen (secondary N) is 2. The number of fused-ring (bicyclic) bond motifs is 1. The first-order valence-corrected chi connectivity index (χ1v) is 12.0. The van der Waals surface area contributed by atoms with Crippen LogP contribution in [0.2, 0.25) is 0 Å². The Morgan fingerprint density at radius 2 is 1.47 bits per heavy atom. The van der Waals surface area contributed by atoms with E-state index in [4.69, 9.17) is 4.74 Å². The van der Waals surface area contributed by atoms with Crippen LogP contribution in [0.3, 0.4) is 0 Å². The lowest BCUT2D eigenvalue weighted by atomic mass is 10.00. The van der Waals surface area contributed by atoms with Crippen LogP contribution < -0.4 is 15.4 Å². The average Bonchev–Trinajstić information content (AvgIpc) is 3.23. The molecule has 1 amide bonds. The Bertz CT molecular complexity index is 1380. The molecule has 0 unspecified atom stereocenters. The van der Waals surface area contributed by atoms with Crippen molar-refractivity contribution in [3.8, 4) is 5.75 Å². The first-order valence-electron chi connectivity index (χ1n) is 12.0. The van der Waals surface area contributed by atoms with Crippen molar-refractivity contribution in [1.82, 2.24) is 4.90 Å². The van der Waals surface area contributed by atoms with Crippen LogP contribution in [0.1, 0.15) is 22.3 Å². The Morgan fingerprint density at radius 3 is 2.14 bits per heavy atom. The lowest BCUT2D eigenvalue weighted by Gasteiger charge is -2.18. The van der Waals surface area contributed by atoms with Gasteiger partial charge >= 0.3 is 0 Å². The summed E-state index contributed by atoms with van der Waals surface area (Å²) in [5.74, 6) is 0.570. The summed E-state index contributed by atoms with van der Waals surface area (Å²) < 4.78 is 5.34. The average molecular weight is 476 g/mol. The van der Waals surface area contributed by atoms with Crippen molar-refractivity contribution in [2.24, 2.45) is 0 Å². The number of methoxy groups -OCH3 is 1. The van der Waals surface area contributed by atoms with Crippen LogP contribution in [0.4, 0.5) is 11.4 Å². The van der Waals surface area contributed by atoms with Crippen molar-refractivity contribution in [3.05, 3.63) is 125 Å². The van der Waals surface area contributed by atoms with Gasteiger partial charge < -0.3 is 15.4 Å². The fourth-order valence-electron chi connectivity index (χ4n) is 4.51. The van der Waals surface area contributed by atoms with E-state index in [1.807, 2.05) is 54.6 Å². The highest BCUT2D eigenvalue weighted by Crippen LogP contribution is 2.39. The molecule has 0 radical (unpaired) electrons. The molecule has 0 bridgehead atoms. The zero-order valence-electron chi connectivity index (χ0n) is 20.5. The minimum Gasteiger partial charge on any atom is -0.497 e. The highest BCUT2D eigenvalue weighted by atomic mass is 16.5. The van der Waals surface area contributed by atoms with Gasteiger partial charge in [-0.25, -0.2) is 0 Å². The van der Waals surface area contributed by atoms with E-state index in [1.54, 1.807) is 7.11 Å². The van der Waals surface area contributed by atoms with E-state index in [9.17, 15) is 4.79 Å². The topological polar surface area (TPSA) is 53.6 Å². The fraction of sp³-hybridized carbons (Fsp3) is 0.129. The van der Waals surface area contributed by atoms with Crippen LogP contribution >= 0.6 is 0 Å². The molecular formula is C31H29N3O2. The quantitative estimate of drug-likeness (QED) is 0.295. The van der Waals surface area contributed by atoms with Gasteiger partial charge in [-0.05, 0) is 48.0 Å². The summed E-state index contributed by atoms with van der Waals surface area (Å²) >= 11 is 0. The van der Waals surface area contributed by atoms with Gasteiger partial charge in [-0.2, -0.15) is 0 Å². The molecule has 4 aromatic carbocycles. The Kier molecular flexibility index (Phi) is 6.83. The molecule has 0 aromatic heterocycles. The molecule has 5 rings (SSSR count). The molecule has 2 N–H and O–H groups in total. The summed E-state index contributed by atoms with van der Waals surface area (Å²) in [7, 11) is 3.75. The maximum absolute atomic E-state index is 13.1. The molecule has 4 aromatic rings. The molecule has 36 heavy (non-hydrogen) atoms. The molecule has 0 atom stereocenters. The molecule has 0 fully saturated rings. The molecule has 5 heteroatoms. The van der Waals surface area contributed by atoms with Crippen molar-refractivity contribution < 1.29 is 9.53 Å². The van der Waals surface area contributed by atoms with Crippen molar-refractivity contribution in [2.45, 2.75) is 13.1 Å². The van der Waals surface area contributed by atoms with Gasteiger partial charge in [-0.15, -0.1) is 0 Å².